The fourth-order valence-corrected chi connectivity index (χ4v) is 1.52. The second kappa shape index (κ2) is 3.49. The number of rotatable bonds is 2. The Balaban J connectivity index is 2.20. The van der Waals surface area contributed by atoms with E-state index in [4.69, 9.17) is 5.73 Å². The first-order chi connectivity index (χ1) is 6.72. The minimum absolute atomic E-state index is 0.402. The van der Waals surface area contributed by atoms with E-state index in [9.17, 15) is 0 Å². The summed E-state index contributed by atoms with van der Waals surface area (Å²) in [6.07, 6.45) is 1.13. The first-order valence-corrected chi connectivity index (χ1v) is 4.87. The molecule has 1 aromatic heterocycles. The van der Waals surface area contributed by atoms with Gasteiger partial charge in [0.25, 0.3) is 0 Å². The molecule has 0 aromatic carbocycles. The molecule has 0 saturated carbocycles. The van der Waals surface area contributed by atoms with E-state index in [1.54, 1.807) is 0 Å². The highest BCUT2D eigenvalue weighted by atomic mass is 15.4. The number of nitrogens with two attached hydrogens (primary N) is 1. The SMILES string of the molecule is Cc1nnc(N2CCC2CN)nc1C. The predicted octanol–water partition coefficient (Wildman–Crippen LogP) is 0.0258. The molecule has 1 unspecified atom stereocenters. The molecule has 0 radical (unpaired) electrons. The lowest BCUT2D eigenvalue weighted by molar-refractivity contribution is 0.444. The summed E-state index contributed by atoms with van der Waals surface area (Å²) in [7, 11) is 0. The van der Waals surface area contributed by atoms with E-state index in [0.717, 1.165) is 30.3 Å². The van der Waals surface area contributed by atoms with Crippen molar-refractivity contribution >= 4 is 5.95 Å². The Hall–Kier alpha value is -1.23. The highest BCUT2D eigenvalue weighted by Gasteiger charge is 2.29. The molecule has 5 heteroatoms. The van der Waals surface area contributed by atoms with Gasteiger partial charge in [-0.05, 0) is 20.3 Å². The number of aryl methyl sites for hydroxylation is 2. The Morgan fingerprint density at radius 2 is 2.14 bits per heavy atom. The number of hydrogen-bond acceptors (Lipinski definition) is 5. The molecular weight excluding hydrogens is 178 g/mol. The van der Waals surface area contributed by atoms with Gasteiger partial charge in [0, 0.05) is 19.1 Å². The van der Waals surface area contributed by atoms with Crippen molar-refractivity contribution in [1.82, 2.24) is 15.2 Å². The van der Waals surface area contributed by atoms with E-state index in [0.29, 0.717) is 12.6 Å². The van der Waals surface area contributed by atoms with Crippen molar-refractivity contribution < 1.29 is 0 Å². The lowest BCUT2D eigenvalue weighted by Crippen LogP contribution is -2.52. The molecule has 1 aromatic rings. The molecule has 0 aliphatic carbocycles. The fraction of sp³-hybridized carbons (Fsp3) is 0.667. The van der Waals surface area contributed by atoms with E-state index in [-0.39, 0.29) is 0 Å². The summed E-state index contributed by atoms with van der Waals surface area (Å²) in [5, 5.41) is 8.12. The van der Waals surface area contributed by atoms with Crippen LogP contribution in [0.5, 0.6) is 0 Å². The Labute approximate surface area is 83.3 Å². The van der Waals surface area contributed by atoms with Crippen molar-refractivity contribution in [3.63, 3.8) is 0 Å². The molecule has 2 rings (SSSR count). The van der Waals surface area contributed by atoms with Gasteiger partial charge in [0.05, 0.1) is 11.4 Å². The predicted molar refractivity (Wildman–Crippen MR) is 54.1 cm³/mol. The molecule has 1 saturated heterocycles. The molecule has 1 aliphatic rings. The van der Waals surface area contributed by atoms with E-state index in [1.807, 2.05) is 13.8 Å². The number of hydrogen-bond donors (Lipinski definition) is 1. The highest BCUT2D eigenvalue weighted by Crippen LogP contribution is 2.21. The van der Waals surface area contributed by atoms with Crippen molar-refractivity contribution in [3.05, 3.63) is 11.4 Å². The number of anilines is 1. The fourth-order valence-electron chi connectivity index (χ4n) is 1.52. The Morgan fingerprint density at radius 3 is 2.64 bits per heavy atom. The molecule has 2 heterocycles. The molecule has 0 amide bonds. The minimum Gasteiger partial charge on any atom is -0.335 e. The molecule has 1 aliphatic heterocycles. The smallest absolute Gasteiger partial charge is 0.245 e. The third-order valence-corrected chi connectivity index (χ3v) is 2.75. The average Bonchev–Trinajstić information content (AvgIpc) is 2.10. The first-order valence-electron chi connectivity index (χ1n) is 4.87. The second-order valence-electron chi connectivity index (χ2n) is 3.65. The average molecular weight is 193 g/mol. The standard InChI is InChI=1S/C9H15N5/c1-6-7(2)12-13-9(11-6)14-4-3-8(14)5-10/h8H,3-5,10H2,1-2H3. The van der Waals surface area contributed by atoms with Crippen LogP contribution in [0.25, 0.3) is 0 Å². The molecule has 1 fully saturated rings. The largest absolute Gasteiger partial charge is 0.335 e. The number of aromatic nitrogens is 3. The van der Waals surface area contributed by atoms with Crippen molar-refractivity contribution in [3.8, 4) is 0 Å². The van der Waals surface area contributed by atoms with Gasteiger partial charge >= 0.3 is 0 Å². The molecule has 14 heavy (non-hydrogen) atoms. The van der Waals surface area contributed by atoms with Gasteiger partial charge in [-0.2, -0.15) is 5.10 Å². The van der Waals surface area contributed by atoms with Crippen molar-refractivity contribution in [1.29, 1.82) is 0 Å². The lowest BCUT2D eigenvalue weighted by Gasteiger charge is -2.40. The highest BCUT2D eigenvalue weighted by molar-refractivity contribution is 5.35. The Kier molecular flexibility index (Phi) is 2.33. The van der Waals surface area contributed by atoms with E-state index in [2.05, 4.69) is 20.1 Å². The Bertz CT molecular complexity index is 336. The maximum Gasteiger partial charge on any atom is 0.245 e. The normalized spacial score (nSPS) is 20.8. The van der Waals surface area contributed by atoms with Crippen LogP contribution in [0.3, 0.4) is 0 Å². The number of nitrogens with zero attached hydrogens (tertiary/aromatic N) is 4. The monoisotopic (exact) mass is 193 g/mol. The van der Waals surface area contributed by atoms with Gasteiger partial charge in [0.2, 0.25) is 5.95 Å². The van der Waals surface area contributed by atoms with Crippen LogP contribution in [0.1, 0.15) is 17.8 Å². The van der Waals surface area contributed by atoms with Gasteiger partial charge < -0.3 is 10.6 Å². The van der Waals surface area contributed by atoms with Crippen LogP contribution < -0.4 is 10.6 Å². The molecule has 0 spiro atoms. The molecule has 5 nitrogen and oxygen atoms in total. The molecule has 76 valence electrons. The van der Waals surface area contributed by atoms with Crippen LogP contribution in [0.2, 0.25) is 0 Å². The van der Waals surface area contributed by atoms with Crippen LogP contribution in [-0.2, 0) is 0 Å². The van der Waals surface area contributed by atoms with Crippen molar-refractivity contribution in [2.45, 2.75) is 26.3 Å². The summed E-state index contributed by atoms with van der Waals surface area (Å²) < 4.78 is 0. The van der Waals surface area contributed by atoms with Gasteiger partial charge in [0.1, 0.15) is 0 Å². The first kappa shape index (κ1) is 9.33. The van der Waals surface area contributed by atoms with Crippen LogP contribution in [0, 0.1) is 13.8 Å². The van der Waals surface area contributed by atoms with Crippen molar-refractivity contribution in [2.75, 3.05) is 18.0 Å². The van der Waals surface area contributed by atoms with Gasteiger partial charge in [-0.25, -0.2) is 4.98 Å². The third kappa shape index (κ3) is 1.43. The molecule has 1 atom stereocenters. The molecule has 2 N–H and O–H groups in total. The zero-order valence-corrected chi connectivity index (χ0v) is 8.56. The van der Waals surface area contributed by atoms with Crippen LogP contribution in [0.4, 0.5) is 5.95 Å². The minimum atomic E-state index is 0.402. The summed E-state index contributed by atoms with van der Waals surface area (Å²) in [6.45, 7) is 5.52. The maximum atomic E-state index is 5.61. The quantitative estimate of drug-likeness (QED) is 0.717. The summed E-state index contributed by atoms with van der Waals surface area (Å²) in [5.41, 5.74) is 7.44. The third-order valence-electron chi connectivity index (χ3n) is 2.75. The van der Waals surface area contributed by atoms with E-state index >= 15 is 0 Å². The summed E-state index contributed by atoms with van der Waals surface area (Å²) in [5.74, 6) is 0.717. The lowest BCUT2D eigenvalue weighted by atomic mass is 10.0. The topological polar surface area (TPSA) is 67.9 Å². The van der Waals surface area contributed by atoms with Crippen molar-refractivity contribution in [2.24, 2.45) is 5.73 Å². The van der Waals surface area contributed by atoms with Gasteiger partial charge in [-0.3, -0.25) is 0 Å². The second-order valence-corrected chi connectivity index (χ2v) is 3.65. The summed E-state index contributed by atoms with van der Waals surface area (Å²) in [4.78, 5) is 6.50. The van der Waals surface area contributed by atoms with E-state index < -0.39 is 0 Å². The summed E-state index contributed by atoms with van der Waals surface area (Å²) >= 11 is 0. The van der Waals surface area contributed by atoms with Crippen LogP contribution in [0.15, 0.2) is 0 Å². The molecular formula is C9H15N5. The van der Waals surface area contributed by atoms with Crippen LogP contribution in [-0.4, -0.2) is 34.3 Å². The van der Waals surface area contributed by atoms with Gasteiger partial charge in [-0.1, -0.05) is 0 Å². The molecule has 0 bridgehead atoms. The van der Waals surface area contributed by atoms with Gasteiger partial charge in [-0.15, -0.1) is 5.10 Å². The Morgan fingerprint density at radius 1 is 1.36 bits per heavy atom. The van der Waals surface area contributed by atoms with Gasteiger partial charge in [0.15, 0.2) is 0 Å². The zero-order valence-electron chi connectivity index (χ0n) is 8.56. The van der Waals surface area contributed by atoms with E-state index in [1.165, 1.54) is 0 Å². The zero-order chi connectivity index (χ0) is 10.1. The summed E-state index contributed by atoms with van der Waals surface area (Å²) in [6, 6.07) is 0.402. The maximum absolute atomic E-state index is 5.61. The van der Waals surface area contributed by atoms with Crippen LogP contribution >= 0.6 is 0 Å².